The lowest BCUT2D eigenvalue weighted by molar-refractivity contribution is -0.150. The maximum atomic E-state index is 12.9. The van der Waals surface area contributed by atoms with Crippen molar-refractivity contribution in [1.82, 2.24) is 24.6 Å². The SMILES string of the molecule is C=CCON=C(C(=O)NC1C(=O)N2C(C(=O)O)=C(C=Cc3cccnc3)CS[C@@H]12)c1nsc(N)n1. The Morgan fingerprint density at radius 2 is 2.26 bits per heavy atom. The van der Waals surface area contributed by atoms with Crippen LogP contribution in [0.15, 0.2) is 59.7 Å². The van der Waals surface area contributed by atoms with Gasteiger partial charge >= 0.3 is 5.97 Å². The van der Waals surface area contributed by atoms with Crippen molar-refractivity contribution in [3.05, 3.63) is 65.9 Å². The number of nitrogens with two attached hydrogens (primary N) is 1. The molecule has 4 rings (SSSR count). The van der Waals surface area contributed by atoms with Crippen molar-refractivity contribution in [2.75, 3.05) is 18.1 Å². The Morgan fingerprint density at radius 1 is 1.43 bits per heavy atom. The first kappa shape index (κ1) is 24.1. The molecule has 2 amide bonds. The molecule has 1 unspecified atom stereocenters. The van der Waals surface area contributed by atoms with Gasteiger partial charge in [0.05, 0.1) is 0 Å². The van der Waals surface area contributed by atoms with Crippen LogP contribution in [0.5, 0.6) is 0 Å². The number of carboxylic acids is 1. The molecule has 2 aliphatic rings. The monoisotopic (exact) mass is 513 g/mol. The first-order chi connectivity index (χ1) is 16.9. The summed E-state index contributed by atoms with van der Waals surface area (Å²) >= 11 is 2.21. The van der Waals surface area contributed by atoms with E-state index in [9.17, 15) is 19.5 Å². The number of aromatic nitrogens is 3. The number of carbonyl (C=O) groups excluding carboxylic acids is 2. The van der Waals surface area contributed by atoms with Gasteiger partial charge in [0.2, 0.25) is 11.5 Å². The molecule has 0 spiro atoms. The summed E-state index contributed by atoms with van der Waals surface area (Å²) in [5.74, 6) is -2.28. The number of anilines is 1. The Kier molecular flexibility index (Phi) is 7.22. The molecule has 180 valence electrons. The number of aliphatic carboxylic acids is 1. The van der Waals surface area contributed by atoms with Crippen molar-refractivity contribution in [3.63, 3.8) is 0 Å². The van der Waals surface area contributed by atoms with Crippen LogP contribution in [0.4, 0.5) is 5.13 Å². The minimum atomic E-state index is -1.23. The molecule has 4 heterocycles. The first-order valence-corrected chi connectivity index (χ1v) is 11.9. The minimum absolute atomic E-state index is 0.0348. The number of fused-ring (bicyclic) bond motifs is 1. The molecule has 1 saturated heterocycles. The second kappa shape index (κ2) is 10.5. The van der Waals surface area contributed by atoms with Crippen molar-refractivity contribution < 1.29 is 24.3 Å². The van der Waals surface area contributed by atoms with Crippen LogP contribution in [0.1, 0.15) is 11.4 Å². The van der Waals surface area contributed by atoms with Crippen molar-refractivity contribution in [2.45, 2.75) is 11.4 Å². The Morgan fingerprint density at radius 3 is 2.91 bits per heavy atom. The highest BCUT2D eigenvalue weighted by Crippen LogP contribution is 2.40. The van der Waals surface area contributed by atoms with E-state index in [0.29, 0.717) is 11.3 Å². The van der Waals surface area contributed by atoms with Gasteiger partial charge in [-0.05, 0) is 17.2 Å². The molecule has 4 N–H and O–H groups in total. The van der Waals surface area contributed by atoms with E-state index >= 15 is 0 Å². The number of rotatable bonds is 9. The summed E-state index contributed by atoms with van der Waals surface area (Å²) in [4.78, 5) is 52.0. The zero-order chi connectivity index (χ0) is 24.9. The zero-order valence-electron chi connectivity index (χ0n) is 18.0. The lowest BCUT2D eigenvalue weighted by atomic mass is 10.0. The van der Waals surface area contributed by atoms with Gasteiger partial charge < -0.3 is 21.0 Å². The normalized spacial score (nSPS) is 19.8. The standard InChI is InChI=1S/C21H19N7O5S2/c1-2-8-33-26-13(16-25-21(22)35-27-16)17(29)24-14-18(30)28-15(20(31)32)12(10-34-19(14)28)6-5-11-4-3-7-23-9-11/h2-7,9,14,19H,1,8,10H2,(H,24,29)(H,31,32)(H2,22,25,27)/t14?,19-/m0/s1. The van der Waals surface area contributed by atoms with Gasteiger partial charge in [-0.15, -0.1) is 11.8 Å². The number of nitrogens with zero attached hydrogens (tertiary/aromatic N) is 5. The summed E-state index contributed by atoms with van der Waals surface area (Å²) in [5.41, 5.74) is 6.48. The van der Waals surface area contributed by atoms with Crippen LogP contribution in [-0.4, -0.2) is 71.6 Å². The third-order valence-electron chi connectivity index (χ3n) is 4.87. The van der Waals surface area contributed by atoms with Gasteiger partial charge in [-0.1, -0.05) is 36.0 Å². The van der Waals surface area contributed by atoms with Gasteiger partial charge in [-0.25, -0.2) is 4.79 Å². The predicted molar refractivity (Wildman–Crippen MR) is 130 cm³/mol. The molecule has 0 aliphatic carbocycles. The molecule has 2 aromatic heterocycles. The van der Waals surface area contributed by atoms with E-state index in [1.54, 1.807) is 30.6 Å². The number of allylic oxidation sites excluding steroid dienone is 1. The maximum Gasteiger partial charge on any atom is 0.352 e. The third kappa shape index (κ3) is 5.07. The van der Waals surface area contributed by atoms with Crippen molar-refractivity contribution in [1.29, 1.82) is 0 Å². The molecule has 14 heteroatoms. The minimum Gasteiger partial charge on any atom is -0.477 e. The maximum absolute atomic E-state index is 12.9. The van der Waals surface area contributed by atoms with E-state index in [1.165, 1.54) is 22.7 Å². The number of nitrogen functional groups attached to an aromatic ring is 1. The van der Waals surface area contributed by atoms with Crippen LogP contribution in [0, 0.1) is 0 Å². The first-order valence-electron chi connectivity index (χ1n) is 10.1. The molecule has 2 aromatic rings. The molecule has 0 aromatic carbocycles. The van der Waals surface area contributed by atoms with E-state index in [2.05, 4.69) is 31.4 Å². The molecule has 1 fully saturated rings. The lowest BCUT2D eigenvalue weighted by Crippen LogP contribution is -2.71. The van der Waals surface area contributed by atoms with Crippen LogP contribution in [0.25, 0.3) is 6.08 Å². The van der Waals surface area contributed by atoms with E-state index in [4.69, 9.17) is 10.6 Å². The quantitative estimate of drug-likeness (QED) is 0.144. The molecule has 0 radical (unpaired) electrons. The molecule has 0 bridgehead atoms. The number of oxime groups is 1. The fraction of sp³-hybridized carbons (Fsp3) is 0.190. The summed E-state index contributed by atoms with van der Waals surface area (Å²) in [5, 5.41) is 15.7. The molecule has 35 heavy (non-hydrogen) atoms. The number of amides is 2. The number of carbonyl (C=O) groups is 3. The van der Waals surface area contributed by atoms with Crippen molar-refractivity contribution >= 4 is 58.0 Å². The van der Waals surface area contributed by atoms with Gasteiger partial charge in [0.15, 0.2) is 5.13 Å². The van der Waals surface area contributed by atoms with Gasteiger partial charge in [0, 0.05) is 29.7 Å². The summed E-state index contributed by atoms with van der Waals surface area (Å²) in [7, 11) is 0. The summed E-state index contributed by atoms with van der Waals surface area (Å²) in [6.45, 7) is 3.54. The summed E-state index contributed by atoms with van der Waals surface area (Å²) in [6.07, 6.45) is 8.10. The van der Waals surface area contributed by atoms with E-state index in [-0.39, 0.29) is 29.0 Å². The van der Waals surface area contributed by atoms with Gasteiger partial charge in [0.1, 0.15) is 23.7 Å². The molecule has 2 aliphatic heterocycles. The van der Waals surface area contributed by atoms with Crippen LogP contribution < -0.4 is 11.1 Å². The number of nitrogens with one attached hydrogen (secondary N) is 1. The number of hydrogen-bond donors (Lipinski definition) is 3. The van der Waals surface area contributed by atoms with E-state index in [1.807, 2.05) is 6.07 Å². The highest BCUT2D eigenvalue weighted by Gasteiger charge is 2.54. The van der Waals surface area contributed by atoms with Gasteiger partial charge in [-0.2, -0.15) is 9.36 Å². The number of thioether (sulfide) groups is 1. The Labute approximate surface area is 207 Å². The number of carboxylic acid groups (broad SMARTS) is 1. The average Bonchev–Trinajstić information content (AvgIpc) is 3.29. The predicted octanol–water partition coefficient (Wildman–Crippen LogP) is 0.874. The van der Waals surface area contributed by atoms with Crippen molar-refractivity contribution in [3.8, 4) is 0 Å². The van der Waals surface area contributed by atoms with Crippen LogP contribution in [0.3, 0.4) is 0 Å². The zero-order valence-corrected chi connectivity index (χ0v) is 19.7. The van der Waals surface area contributed by atoms with Gasteiger partial charge in [0.25, 0.3) is 11.8 Å². The highest BCUT2D eigenvalue weighted by atomic mass is 32.2. The smallest absolute Gasteiger partial charge is 0.352 e. The molecular formula is C21H19N7O5S2. The second-order valence-corrected chi connectivity index (χ2v) is 9.03. The topological polar surface area (TPSA) is 173 Å². The second-order valence-electron chi connectivity index (χ2n) is 7.14. The summed E-state index contributed by atoms with van der Waals surface area (Å²) < 4.78 is 3.97. The Hall–Kier alpha value is -4.04. The lowest BCUT2D eigenvalue weighted by Gasteiger charge is -2.49. The number of pyridine rings is 1. The Bertz CT molecular complexity index is 1260. The fourth-order valence-electron chi connectivity index (χ4n) is 3.32. The molecule has 2 atom stereocenters. The van der Waals surface area contributed by atoms with Crippen LogP contribution >= 0.6 is 23.3 Å². The van der Waals surface area contributed by atoms with Crippen LogP contribution in [0.2, 0.25) is 0 Å². The van der Waals surface area contributed by atoms with Gasteiger partial charge in [-0.3, -0.25) is 19.5 Å². The Balaban J connectivity index is 1.53. The van der Waals surface area contributed by atoms with E-state index < -0.39 is 29.2 Å². The molecule has 12 nitrogen and oxygen atoms in total. The average molecular weight is 514 g/mol. The molecular weight excluding hydrogens is 494 g/mol. The molecule has 0 saturated carbocycles. The third-order valence-corrected chi connectivity index (χ3v) is 6.71. The number of hydrogen-bond acceptors (Lipinski definition) is 11. The van der Waals surface area contributed by atoms with E-state index in [0.717, 1.165) is 17.1 Å². The number of β-lactam (4-membered cyclic amide) rings is 1. The largest absolute Gasteiger partial charge is 0.477 e. The highest BCUT2D eigenvalue weighted by molar-refractivity contribution is 8.00. The van der Waals surface area contributed by atoms with Crippen LogP contribution in [-0.2, 0) is 19.2 Å². The van der Waals surface area contributed by atoms with Crippen molar-refractivity contribution in [2.24, 2.45) is 5.16 Å². The summed E-state index contributed by atoms with van der Waals surface area (Å²) in [6, 6.07) is 2.62. The fourth-order valence-corrected chi connectivity index (χ4v) is 5.07.